The molecule has 0 aliphatic rings. The first-order valence-corrected chi connectivity index (χ1v) is 7.32. The van der Waals surface area contributed by atoms with Gasteiger partial charge in [0.05, 0.1) is 18.4 Å². The van der Waals surface area contributed by atoms with Crippen LogP contribution in [0.25, 0.3) is 5.95 Å². The summed E-state index contributed by atoms with van der Waals surface area (Å²) in [5.74, 6) is 0.251. The molecule has 0 bridgehead atoms. The van der Waals surface area contributed by atoms with Crippen molar-refractivity contribution in [1.82, 2.24) is 30.0 Å². The van der Waals surface area contributed by atoms with E-state index in [2.05, 4.69) is 30.1 Å². The molecule has 0 aliphatic carbocycles. The number of halogens is 2. The van der Waals surface area contributed by atoms with Crippen molar-refractivity contribution in [3.63, 3.8) is 0 Å². The molecule has 11 heteroatoms. The number of nitrogens with zero attached hydrogens (tertiary/aromatic N) is 5. The molecule has 2 aromatic heterocycles. The molecule has 1 amide bonds. The Hall–Kier alpha value is -2.85. The van der Waals surface area contributed by atoms with Crippen molar-refractivity contribution >= 4 is 6.09 Å². The highest BCUT2D eigenvalue weighted by Gasteiger charge is 2.22. The quantitative estimate of drug-likeness (QED) is 0.876. The zero-order valence-electron chi connectivity index (χ0n) is 14.1. The lowest BCUT2D eigenvalue weighted by molar-refractivity contribution is -0.0503. The van der Waals surface area contributed by atoms with E-state index in [0.29, 0.717) is 5.82 Å². The van der Waals surface area contributed by atoms with Crippen LogP contribution < -0.4 is 10.1 Å². The standard InChI is InChI=1S/C14H18F2N6O3/c1-8(21-13(23)25-14(2,3)4)10-19-7-20-22(10)12-17-5-9(6-18-12)24-11(15)16/h5-8,11H,1-4H3,(H,21,23). The van der Waals surface area contributed by atoms with Crippen LogP contribution in [-0.2, 0) is 4.74 Å². The fourth-order valence-corrected chi connectivity index (χ4v) is 1.83. The predicted octanol–water partition coefficient (Wildman–Crippen LogP) is 2.24. The fourth-order valence-electron chi connectivity index (χ4n) is 1.83. The van der Waals surface area contributed by atoms with Crippen LogP contribution in [0.15, 0.2) is 18.7 Å². The van der Waals surface area contributed by atoms with Gasteiger partial charge in [0.1, 0.15) is 11.9 Å². The Morgan fingerprint density at radius 2 is 1.88 bits per heavy atom. The topological polar surface area (TPSA) is 104 Å². The van der Waals surface area contributed by atoms with E-state index in [9.17, 15) is 13.6 Å². The summed E-state index contributed by atoms with van der Waals surface area (Å²) >= 11 is 0. The lowest BCUT2D eigenvalue weighted by atomic mass is 10.2. The van der Waals surface area contributed by atoms with Crippen LogP contribution in [0, 0.1) is 0 Å². The SMILES string of the molecule is CC(NC(=O)OC(C)(C)C)c1ncnn1-c1ncc(OC(F)F)cn1. The maximum Gasteiger partial charge on any atom is 0.408 e. The zero-order chi connectivity index (χ0) is 18.6. The number of hydrogen-bond acceptors (Lipinski definition) is 7. The molecule has 0 radical (unpaired) electrons. The number of alkyl carbamates (subject to hydrolysis) is 1. The summed E-state index contributed by atoms with van der Waals surface area (Å²) in [6, 6.07) is -0.557. The molecular weight excluding hydrogens is 338 g/mol. The van der Waals surface area contributed by atoms with Crippen molar-refractivity contribution in [2.24, 2.45) is 0 Å². The summed E-state index contributed by atoms with van der Waals surface area (Å²) in [5.41, 5.74) is -0.638. The molecule has 25 heavy (non-hydrogen) atoms. The van der Waals surface area contributed by atoms with Crippen molar-refractivity contribution in [2.45, 2.75) is 45.9 Å². The summed E-state index contributed by atoms with van der Waals surface area (Å²) in [5, 5.41) is 6.60. The molecule has 0 saturated carbocycles. The Labute approximate surface area is 142 Å². The Morgan fingerprint density at radius 3 is 2.44 bits per heavy atom. The number of alkyl halides is 2. The van der Waals surface area contributed by atoms with Gasteiger partial charge in [0, 0.05) is 0 Å². The third-order valence-corrected chi connectivity index (χ3v) is 2.72. The van der Waals surface area contributed by atoms with E-state index < -0.39 is 24.3 Å². The highest BCUT2D eigenvalue weighted by molar-refractivity contribution is 5.68. The van der Waals surface area contributed by atoms with E-state index in [-0.39, 0.29) is 11.7 Å². The first-order chi connectivity index (χ1) is 11.7. The Kier molecular flexibility index (Phi) is 5.45. The normalized spacial score (nSPS) is 12.8. The fraction of sp³-hybridized carbons (Fsp3) is 0.500. The van der Waals surface area contributed by atoms with Crippen molar-refractivity contribution in [1.29, 1.82) is 0 Å². The summed E-state index contributed by atoms with van der Waals surface area (Å²) in [6.45, 7) is 3.96. The van der Waals surface area contributed by atoms with Crippen molar-refractivity contribution in [2.75, 3.05) is 0 Å². The van der Waals surface area contributed by atoms with E-state index in [4.69, 9.17) is 4.74 Å². The molecule has 0 spiro atoms. The molecule has 0 aliphatic heterocycles. The molecule has 136 valence electrons. The number of rotatable bonds is 5. The van der Waals surface area contributed by atoms with Gasteiger partial charge in [-0.1, -0.05) is 0 Å². The lowest BCUT2D eigenvalue weighted by Crippen LogP contribution is -2.35. The summed E-state index contributed by atoms with van der Waals surface area (Å²) in [7, 11) is 0. The van der Waals surface area contributed by atoms with Crippen LogP contribution >= 0.6 is 0 Å². The van der Waals surface area contributed by atoms with E-state index in [1.54, 1.807) is 27.7 Å². The molecular formula is C14H18F2N6O3. The molecule has 2 heterocycles. The number of aromatic nitrogens is 5. The number of carbonyl (C=O) groups excluding carboxylic acids is 1. The average Bonchev–Trinajstić information content (AvgIpc) is 2.94. The van der Waals surface area contributed by atoms with E-state index in [1.807, 2.05) is 0 Å². The van der Waals surface area contributed by atoms with Gasteiger partial charge in [-0.15, -0.1) is 0 Å². The van der Waals surface area contributed by atoms with Gasteiger partial charge in [0.25, 0.3) is 5.95 Å². The lowest BCUT2D eigenvalue weighted by Gasteiger charge is -2.21. The Morgan fingerprint density at radius 1 is 1.24 bits per heavy atom. The first kappa shape index (κ1) is 18.5. The number of ether oxygens (including phenoxy) is 2. The second-order valence-corrected chi connectivity index (χ2v) is 6.00. The Bertz CT molecular complexity index is 714. The van der Waals surface area contributed by atoms with Gasteiger partial charge in [-0.2, -0.15) is 18.6 Å². The van der Waals surface area contributed by atoms with E-state index in [1.165, 1.54) is 11.0 Å². The molecule has 1 N–H and O–H groups in total. The van der Waals surface area contributed by atoms with Crippen LogP contribution in [0.3, 0.4) is 0 Å². The number of nitrogens with one attached hydrogen (secondary N) is 1. The molecule has 0 aromatic carbocycles. The third-order valence-electron chi connectivity index (χ3n) is 2.72. The minimum absolute atomic E-state index is 0.0898. The molecule has 1 unspecified atom stereocenters. The average molecular weight is 356 g/mol. The first-order valence-electron chi connectivity index (χ1n) is 7.32. The summed E-state index contributed by atoms with van der Waals surface area (Å²) < 4.78 is 34.9. The van der Waals surface area contributed by atoms with Crippen LogP contribution in [0.1, 0.15) is 39.6 Å². The third kappa shape index (κ3) is 5.33. The summed E-state index contributed by atoms with van der Waals surface area (Å²) in [4.78, 5) is 23.7. The molecule has 2 rings (SSSR count). The van der Waals surface area contributed by atoms with Crippen molar-refractivity contribution in [3.8, 4) is 11.7 Å². The zero-order valence-corrected chi connectivity index (χ0v) is 14.1. The van der Waals surface area contributed by atoms with Gasteiger partial charge in [-0.25, -0.2) is 19.7 Å². The molecule has 0 fully saturated rings. The van der Waals surface area contributed by atoms with Gasteiger partial charge in [0.2, 0.25) is 0 Å². The largest absolute Gasteiger partial charge is 0.444 e. The van der Waals surface area contributed by atoms with Gasteiger partial charge < -0.3 is 14.8 Å². The molecule has 9 nitrogen and oxygen atoms in total. The highest BCUT2D eigenvalue weighted by atomic mass is 19.3. The minimum Gasteiger partial charge on any atom is -0.444 e. The summed E-state index contributed by atoms with van der Waals surface area (Å²) in [6.07, 6.45) is 2.82. The smallest absolute Gasteiger partial charge is 0.408 e. The second kappa shape index (κ2) is 7.36. The highest BCUT2D eigenvalue weighted by Crippen LogP contribution is 2.16. The number of hydrogen-bond donors (Lipinski definition) is 1. The molecule has 1 atom stereocenters. The van der Waals surface area contributed by atoms with Crippen LogP contribution in [-0.4, -0.2) is 43.0 Å². The number of carbonyl (C=O) groups is 1. The van der Waals surface area contributed by atoms with E-state index >= 15 is 0 Å². The van der Waals surface area contributed by atoms with Crippen LogP contribution in [0.4, 0.5) is 13.6 Å². The second-order valence-electron chi connectivity index (χ2n) is 6.00. The number of amides is 1. The maximum atomic E-state index is 12.1. The Balaban J connectivity index is 2.12. The van der Waals surface area contributed by atoms with Crippen molar-refractivity contribution < 1.29 is 23.0 Å². The van der Waals surface area contributed by atoms with E-state index in [0.717, 1.165) is 12.4 Å². The molecule has 0 saturated heterocycles. The van der Waals surface area contributed by atoms with Gasteiger partial charge in [-0.05, 0) is 27.7 Å². The minimum atomic E-state index is -2.96. The maximum absolute atomic E-state index is 12.1. The predicted molar refractivity (Wildman–Crippen MR) is 81.4 cm³/mol. The molecule has 2 aromatic rings. The van der Waals surface area contributed by atoms with Gasteiger partial charge in [0.15, 0.2) is 11.6 Å². The monoisotopic (exact) mass is 356 g/mol. The van der Waals surface area contributed by atoms with Gasteiger partial charge >= 0.3 is 12.7 Å². The van der Waals surface area contributed by atoms with Crippen molar-refractivity contribution in [3.05, 3.63) is 24.5 Å². The van der Waals surface area contributed by atoms with Crippen LogP contribution in [0.2, 0.25) is 0 Å². The van der Waals surface area contributed by atoms with Crippen LogP contribution in [0.5, 0.6) is 5.75 Å². The van der Waals surface area contributed by atoms with Gasteiger partial charge in [-0.3, -0.25) is 0 Å².